The Balaban J connectivity index is 1.23. The molecule has 3 aliphatic rings. The fourth-order valence-corrected chi connectivity index (χ4v) is 5.78. The Morgan fingerprint density at radius 3 is 2.91 bits per heavy atom. The van der Waals surface area contributed by atoms with Crippen molar-refractivity contribution >= 4 is 46.2 Å². The number of likely N-dealkylation sites (tertiary alicyclic amines) is 1. The maximum Gasteiger partial charge on any atom is 0.266 e. The molecular formula is C24H30N2O4S2. The highest BCUT2D eigenvalue weighted by Gasteiger charge is 2.31. The van der Waals surface area contributed by atoms with E-state index in [-0.39, 0.29) is 18.6 Å². The second kappa shape index (κ2) is 10.7. The minimum atomic E-state index is -0.0483. The summed E-state index contributed by atoms with van der Waals surface area (Å²) in [6.07, 6.45) is 9.58. The molecule has 3 heterocycles. The number of carbonyl (C=O) groups is 2. The van der Waals surface area contributed by atoms with E-state index in [1.54, 1.807) is 4.90 Å². The lowest BCUT2D eigenvalue weighted by molar-refractivity contribution is -0.135. The van der Waals surface area contributed by atoms with Crippen LogP contribution in [0.4, 0.5) is 0 Å². The molecule has 0 unspecified atom stereocenters. The topological polar surface area (TPSA) is 59.1 Å². The van der Waals surface area contributed by atoms with Crippen molar-refractivity contribution in [2.24, 2.45) is 0 Å². The van der Waals surface area contributed by atoms with Crippen LogP contribution < -0.4 is 9.47 Å². The smallest absolute Gasteiger partial charge is 0.266 e. The molecule has 0 radical (unpaired) electrons. The van der Waals surface area contributed by atoms with Crippen molar-refractivity contribution < 1.29 is 19.1 Å². The summed E-state index contributed by atoms with van der Waals surface area (Å²) in [6, 6.07) is 6.05. The van der Waals surface area contributed by atoms with Crippen LogP contribution in [0, 0.1) is 0 Å². The van der Waals surface area contributed by atoms with Gasteiger partial charge in [-0.2, -0.15) is 0 Å². The third kappa shape index (κ3) is 5.29. The predicted octanol–water partition coefficient (Wildman–Crippen LogP) is 4.97. The molecule has 1 aromatic carbocycles. The molecule has 1 atom stereocenters. The first-order valence-electron chi connectivity index (χ1n) is 11.5. The zero-order valence-electron chi connectivity index (χ0n) is 18.5. The summed E-state index contributed by atoms with van der Waals surface area (Å²) in [4.78, 5) is 29.8. The van der Waals surface area contributed by atoms with Crippen molar-refractivity contribution in [2.75, 3.05) is 19.9 Å². The van der Waals surface area contributed by atoms with E-state index in [9.17, 15) is 9.59 Å². The van der Waals surface area contributed by atoms with Gasteiger partial charge in [0.05, 0.1) is 4.91 Å². The van der Waals surface area contributed by atoms with Crippen LogP contribution in [0.15, 0.2) is 23.1 Å². The van der Waals surface area contributed by atoms with E-state index in [0.29, 0.717) is 34.0 Å². The largest absolute Gasteiger partial charge is 0.454 e. The monoisotopic (exact) mass is 474 g/mol. The number of thiocarbonyl (C=S) groups is 1. The van der Waals surface area contributed by atoms with Gasteiger partial charge in [0.15, 0.2) is 11.5 Å². The number of piperidine rings is 1. The lowest BCUT2D eigenvalue weighted by Gasteiger charge is -2.35. The molecule has 32 heavy (non-hydrogen) atoms. The second-order valence-corrected chi connectivity index (χ2v) is 10.1. The number of hydrogen-bond donors (Lipinski definition) is 0. The van der Waals surface area contributed by atoms with Crippen LogP contribution in [0.25, 0.3) is 6.08 Å². The Kier molecular flexibility index (Phi) is 7.73. The first-order valence-corrected chi connectivity index (χ1v) is 12.7. The summed E-state index contributed by atoms with van der Waals surface area (Å²) in [5.74, 6) is 1.65. The standard InChI is InChI=1S/C24H30N2O4S2/c1-2-18-8-5-7-12-25(18)22(27)9-4-3-6-13-26-23(28)21(32-24(26)31)15-17-10-11-19-20(14-17)30-16-29-19/h10-11,14-15,18H,2-9,12-13,16H2,1H3/b21-15-/t18-/m0/s1. The highest BCUT2D eigenvalue weighted by molar-refractivity contribution is 8.26. The van der Waals surface area contributed by atoms with E-state index in [4.69, 9.17) is 21.7 Å². The van der Waals surface area contributed by atoms with Crippen molar-refractivity contribution in [3.8, 4) is 11.5 Å². The fraction of sp³-hybridized carbons (Fsp3) is 0.542. The van der Waals surface area contributed by atoms with Crippen molar-refractivity contribution in [3.63, 3.8) is 0 Å². The van der Waals surface area contributed by atoms with Gasteiger partial charge in [0.1, 0.15) is 4.32 Å². The van der Waals surface area contributed by atoms with Crippen LogP contribution in [0.2, 0.25) is 0 Å². The van der Waals surface area contributed by atoms with Crippen LogP contribution in [0.3, 0.4) is 0 Å². The summed E-state index contributed by atoms with van der Waals surface area (Å²) in [5.41, 5.74) is 0.886. The fourth-order valence-electron chi connectivity index (χ4n) is 4.47. The van der Waals surface area contributed by atoms with Gasteiger partial charge >= 0.3 is 0 Å². The molecule has 6 nitrogen and oxygen atoms in total. The summed E-state index contributed by atoms with van der Waals surface area (Å²) in [7, 11) is 0. The van der Waals surface area contributed by atoms with E-state index in [1.165, 1.54) is 18.2 Å². The van der Waals surface area contributed by atoms with Crippen LogP contribution >= 0.6 is 24.0 Å². The molecular weight excluding hydrogens is 444 g/mol. The minimum Gasteiger partial charge on any atom is -0.454 e. The third-order valence-corrected chi connectivity index (χ3v) is 7.64. The number of hydrogen-bond acceptors (Lipinski definition) is 6. The molecule has 172 valence electrons. The second-order valence-electron chi connectivity index (χ2n) is 8.40. The maximum atomic E-state index is 12.8. The number of fused-ring (bicyclic) bond motifs is 1. The van der Waals surface area contributed by atoms with Gasteiger partial charge in [0.2, 0.25) is 12.7 Å². The zero-order chi connectivity index (χ0) is 22.5. The molecule has 0 saturated carbocycles. The van der Waals surface area contributed by atoms with Crippen molar-refractivity contribution in [1.29, 1.82) is 0 Å². The number of unbranched alkanes of at least 4 members (excludes halogenated alkanes) is 2. The van der Waals surface area contributed by atoms with Gasteiger partial charge in [-0.15, -0.1) is 0 Å². The molecule has 2 saturated heterocycles. The number of rotatable bonds is 8. The molecule has 1 aromatic rings. The summed E-state index contributed by atoms with van der Waals surface area (Å²) >= 11 is 6.78. The molecule has 4 rings (SSSR count). The number of ether oxygens (including phenoxy) is 2. The van der Waals surface area contributed by atoms with Crippen LogP contribution in [-0.4, -0.2) is 51.9 Å². The van der Waals surface area contributed by atoms with Crippen LogP contribution in [0.1, 0.15) is 63.9 Å². The van der Waals surface area contributed by atoms with Crippen molar-refractivity contribution in [3.05, 3.63) is 28.7 Å². The Morgan fingerprint density at radius 1 is 1.22 bits per heavy atom. The van der Waals surface area contributed by atoms with Gasteiger partial charge in [-0.3, -0.25) is 14.5 Å². The molecule has 8 heteroatoms. The first-order chi connectivity index (χ1) is 15.6. The quantitative estimate of drug-likeness (QED) is 0.301. The molecule has 3 aliphatic heterocycles. The summed E-state index contributed by atoms with van der Waals surface area (Å²) in [6.45, 7) is 3.89. The Labute approximate surface area is 199 Å². The first kappa shape index (κ1) is 23.1. The van der Waals surface area contributed by atoms with Gasteiger partial charge in [0, 0.05) is 25.6 Å². The molecule has 0 aromatic heterocycles. The van der Waals surface area contributed by atoms with Gasteiger partial charge in [-0.05, 0) is 62.3 Å². The minimum absolute atomic E-state index is 0.0483. The average molecular weight is 475 g/mol. The lowest BCUT2D eigenvalue weighted by atomic mass is 9.99. The third-order valence-electron chi connectivity index (χ3n) is 6.26. The van der Waals surface area contributed by atoms with Gasteiger partial charge in [0.25, 0.3) is 5.91 Å². The lowest BCUT2D eigenvalue weighted by Crippen LogP contribution is -2.43. The number of carbonyl (C=O) groups excluding carboxylic acids is 2. The Bertz CT molecular complexity index is 917. The molecule has 2 fully saturated rings. The average Bonchev–Trinajstić information content (AvgIpc) is 3.37. The molecule has 0 aliphatic carbocycles. The Hall–Kier alpha value is -2.06. The van der Waals surface area contributed by atoms with Crippen LogP contribution in [0.5, 0.6) is 11.5 Å². The van der Waals surface area contributed by atoms with Gasteiger partial charge in [-0.1, -0.05) is 43.4 Å². The highest BCUT2D eigenvalue weighted by Crippen LogP contribution is 2.36. The Morgan fingerprint density at radius 2 is 2.06 bits per heavy atom. The maximum absolute atomic E-state index is 12.8. The summed E-state index contributed by atoms with van der Waals surface area (Å²) in [5, 5.41) is 0. The zero-order valence-corrected chi connectivity index (χ0v) is 20.1. The van der Waals surface area contributed by atoms with E-state index in [2.05, 4.69) is 11.8 Å². The van der Waals surface area contributed by atoms with E-state index < -0.39 is 0 Å². The van der Waals surface area contributed by atoms with Crippen LogP contribution in [-0.2, 0) is 9.59 Å². The highest BCUT2D eigenvalue weighted by atomic mass is 32.2. The van der Waals surface area contributed by atoms with Gasteiger partial charge in [-0.25, -0.2) is 0 Å². The number of thioether (sulfide) groups is 1. The van der Waals surface area contributed by atoms with E-state index in [1.807, 2.05) is 24.3 Å². The molecule has 0 bridgehead atoms. The SMILES string of the molecule is CC[C@H]1CCCCN1C(=O)CCCCCN1C(=O)/C(=C/c2ccc3c(c2)OCO3)SC1=S. The predicted molar refractivity (Wildman–Crippen MR) is 131 cm³/mol. The molecule has 0 N–H and O–H groups in total. The number of amides is 2. The normalized spacial score (nSPS) is 21.7. The summed E-state index contributed by atoms with van der Waals surface area (Å²) < 4.78 is 11.3. The molecule has 2 amide bonds. The van der Waals surface area contributed by atoms with E-state index >= 15 is 0 Å². The van der Waals surface area contributed by atoms with E-state index in [0.717, 1.165) is 56.4 Å². The number of benzene rings is 1. The van der Waals surface area contributed by atoms with Crippen molar-refractivity contribution in [1.82, 2.24) is 9.80 Å². The molecule has 0 spiro atoms. The number of nitrogens with zero attached hydrogens (tertiary/aromatic N) is 2. The van der Waals surface area contributed by atoms with Crippen molar-refractivity contribution in [2.45, 2.75) is 64.3 Å². The van der Waals surface area contributed by atoms with Gasteiger partial charge < -0.3 is 14.4 Å².